The number of benzene rings is 4. The number of rotatable bonds is 12. The van der Waals surface area contributed by atoms with Gasteiger partial charge < -0.3 is 10.2 Å². The normalized spacial score (nSPS) is 12.1. The number of amides is 2. The highest BCUT2D eigenvalue weighted by Gasteiger charge is 2.35. The lowest BCUT2D eigenvalue weighted by molar-refractivity contribution is -0.140. The standard InChI is InChI=1S/C35H37BrClN3O4S/c1-24(2)38-35(42)33(21-27-8-6-5-7-9-27)39(22-28-11-13-29(36)14-12-28)34(41)23-40(31-17-10-25(3)26(4)20-31)45(43,44)32-18-15-30(37)16-19-32/h5-20,24,33H,21-23H2,1-4H3,(H,38,42). The Labute approximate surface area is 279 Å². The van der Waals surface area contributed by atoms with Crippen molar-refractivity contribution in [1.82, 2.24) is 10.2 Å². The smallest absolute Gasteiger partial charge is 0.264 e. The lowest BCUT2D eigenvalue weighted by atomic mass is 10.0. The number of sulfonamides is 1. The zero-order chi connectivity index (χ0) is 32.7. The minimum absolute atomic E-state index is 0.00391. The molecule has 0 aliphatic carbocycles. The SMILES string of the molecule is Cc1ccc(N(CC(=O)N(Cc2ccc(Br)cc2)C(Cc2ccccc2)C(=O)NC(C)C)S(=O)(=O)c2ccc(Cl)cc2)cc1C. The summed E-state index contributed by atoms with van der Waals surface area (Å²) in [4.78, 5) is 29.8. The molecule has 4 aromatic carbocycles. The molecule has 4 aromatic rings. The van der Waals surface area contributed by atoms with Crippen molar-refractivity contribution in [2.24, 2.45) is 0 Å². The number of nitrogens with zero attached hydrogens (tertiary/aromatic N) is 2. The average molecular weight is 711 g/mol. The van der Waals surface area contributed by atoms with E-state index in [0.717, 1.165) is 31.0 Å². The van der Waals surface area contributed by atoms with E-state index in [0.29, 0.717) is 10.7 Å². The summed E-state index contributed by atoms with van der Waals surface area (Å²) in [5.41, 5.74) is 3.87. The Morgan fingerprint density at radius 2 is 1.49 bits per heavy atom. The summed E-state index contributed by atoms with van der Waals surface area (Å²) < 4.78 is 30.3. The molecule has 0 bridgehead atoms. The lowest BCUT2D eigenvalue weighted by Gasteiger charge is -2.34. The molecule has 10 heteroatoms. The van der Waals surface area contributed by atoms with Crippen LogP contribution in [0.5, 0.6) is 0 Å². The van der Waals surface area contributed by atoms with Gasteiger partial charge in [0.25, 0.3) is 10.0 Å². The van der Waals surface area contributed by atoms with Gasteiger partial charge in [-0.15, -0.1) is 0 Å². The van der Waals surface area contributed by atoms with Gasteiger partial charge in [-0.05, 0) is 98.5 Å². The Bertz CT molecular complexity index is 1730. The molecule has 4 rings (SSSR count). The Balaban J connectivity index is 1.82. The molecule has 1 atom stereocenters. The highest BCUT2D eigenvalue weighted by Crippen LogP contribution is 2.28. The second-order valence-corrected chi connectivity index (χ2v) is 14.5. The van der Waals surface area contributed by atoms with Gasteiger partial charge >= 0.3 is 0 Å². The van der Waals surface area contributed by atoms with E-state index in [9.17, 15) is 18.0 Å². The van der Waals surface area contributed by atoms with Gasteiger partial charge in [-0.1, -0.05) is 76.1 Å². The summed E-state index contributed by atoms with van der Waals surface area (Å²) in [6.07, 6.45) is 0.245. The topological polar surface area (TPSA) is 86.8 Å². The van der Waals surface area contributed by atoms with Crippen LogP contribution in [-0.4, -0.2) is 43.8 Å². The first kappa shape index (κ1) is 34.2. The molecule has 0 spiro atoms. The van der Waals surface area contributed by atoms with Crippen LogP contribution in [-0.2, 0) is 32.6 Å². The summed E-state index contributed by atoms with van der Waals surface area (Å²) in [6.45, 7) is 7.11. The second-order valence-electron chi connectivity index (χ2n) is 11.3. The molecule has 0 saturated heterocycles. The summed E-state index contributed by atoms with van der Waals surface area (Å²) >= 11 is 9.52. The molecule has 0 aliphatic heterocycles. The minimum atomic E-state index is -4.21. The van der Waals surface area contributed by atoms with Gasteiger partial charge in [-0.25, -0.2) is 8.42 Å². The van der Waals surface area contributed by atoms with Crippen LogP contribution in [0.4, 0.5) is 5.69 Å². The van der Waals surface area contributed by atoms with Crippen molar-refractivity contribution < 1.29 is 18.0 Å². The zero-order valence-corrected chi connectivity index (χ0v) is 28.9. The number of halogens is 2. The van der Waals surface area contributed by atoms with Crippen molar-refractivity contribution in [3.63, 3.8) is 0 Å². The summed E-state index contributed by atoms with van der Waals surface area (Å²) in [5.74, 6) is -0.842. The van der Waals surface area contributed by atoms with Crippen LogP contribution in [0.1, 0.15) is 36.1 Å². The number of carbonyl (C=O) groups excluding carboxylic acids is 2. The monoisotopic (exact) mass is 709 g/mol. The highest BCUT2D eigenvalue weighted by atomic mass is 79.9. The van der Waals surface area contributed by atoms with Crippen LogP contribution >= 0.6 is 27.5 Å². The summed E-state index contributed by atoms with van der Waals surface area (Å²) in [6, 6.07) is 27.0. The van der Waals surface area contributed by atoms with Crippen molar-refractivity contribution in [3.8, 4) is 0 Å². The number of hydrogen-bond acceptors (Lipinski definition) is 4. The van der Waals surface area contributed by atoms with Gasteiger partial charge in [0.2, 0.25) is 11.8 Å². The van der Waals surface area contributed by atoms with Crippen molar-refractivity contribution in [3.05, 3.63) is 129 Å². The Kier molecular flexibility index (Phi) is 11.5. The maximum atomic E-state index is 14.5. The Hall–Kier alpha value is -3.66. The predicted molar refractivity (Wildman–Crippen MR) is 184 cm³/mol. The number of anilines is 1. The molecular weight excluding hydrogens is 674 g/mol. The minimum Gasteiger partial charge on any atom is -0.352 e. The first-order valence-corrected chi connectivity index (χ1v) is 17.2. The van der Waals surface area contributed by atoms with Gasteiger partial charge in [-0.2, -0.15) is 0 Å². The molecule has 0 aliphatic rings. The molecule has 1 N–H and O–H groups in total. The largest absolute Gasteiger partial charge is 0.352 e. The number of hydrogen-bond donors (Lipinski definition) is 1. The molecule has 0 radical (unpaired) electrons. The summed E-state index contributed by atoms with van der Waals surface area (Å²) in [5, 5.41) is 3.36. The van der Waals surface area contributed by atoms with Crippen molar-refractivity contribution in [2.45, 2.75) is 57.6 Å². The van der Waals surface area contributed by atoms with Crippen LogP contribution < -0.4 is 9.62 Å². The maximum Gasteiger partial charge on any atom is 0.264 e. The van der Waals surface area contributed by atoms with E-state index in [-0.39, 0.29) is 29.8 Å². The van der Waals surface area contributed by atoms with Gasteiger partial charge in [-0.3, -0.25) is 13.9 Å². The van der Waals surface area contributed by atoms with Crippen LogP contribution in [0.25, 0.3) is 0 Å². The average Bonchev–Trinajstić information content (AvgIpc) is 3.00. The highest BCUT2D eigenvalue weighted by molar-refractivity contribution is 9.10. The fourth-order valence-electron chi connectivity index (χ4n) is 4.86. The van der Waals surface area contributed by atoms with E-state index >= 15 is 0 Å². The van der Waals surface area contributed by atoms with E-state index in [1.54, 1.807) is 12.1 Å². The quantitative estimate of drug-likeness (QED) is 0.170. The van der Waals surface area contributed by atoms with E-state index in [1.807, 2.05) is 88.4 Å². The van der Waals surface area contributed by atoms with E-state index in [1.165, 1.54) is 29.2 Å². The Morgan fingerprint density at radius 1 is 0.844 bits per heavy atom. The van der Waals surface area contributed by atoms with Crippen molar-refractivity contribution >= 4 is 55.1 Å². The van der Waals surface area contributed by atoms with Gasteiger partial charge in [0.1, 0.15) is 12.6 Å². The molecule has 1 unspecified atom stereocenters. The van der Waals surface area contributed by atoms with Gasteiger partial charge in [0.15, 0.2) is 0 Å². The second kappa shape index (κ2) is 15.1. The van der Waals surface area contributed by atoms with E-state index in [4.69, 9.17) is 11.6 Å². The predicted octanol–water partition coefficient (Wildman–Crippen LogP) is 7.08. The molecule has 45 heavy (non-hydrogen) atoms. The third-order valence-corrected chi connectivity index (χ3v) is 10.00. The van der Waals surface area contributed by atoms with Crippen molar-refractivity contribution in [2.75, 3.05) is 10.8 Å². The van der Waals surface area contributed by atoms with E-state index in [2.05, 4.69) is 21.2 Å². The molecule has 0 fully saturated rings. The molecule has 0 heterocycles. The first-order valence-electron chi connectivity index (χ1n) is 14.6. The molecule has 2 amide bonds. The lowest BCUT2D eigenvalue weighted by Crippen LogP contribution is -2.54. The number of carbonyl (C=O) groups is 2. The maximum absolute atomic E-state index is 14.5. The summed E-state index contributed by atoms with van der Waals surface area (Å²) in [7, 11) is -4.21. The fraction of sp³-hybridized carbons (Fsp3) is 0.257. The molecule has 7 nitrogen and oxygen atoms in total. The van der Waals surface area contributed by atoms with Gasteiger partial charge in [0, 0.05) is 28.5 Å². The molecule has 236 valence electrons. The molecular formula is C35H37BrClN3O4S. The molecule has 0 aromatic heterocycles. The van der Waals surface area contributed by atoms with E-state index < -0.39 is 28.5 Å². The van der Waals surface area contributed by atoms with Gasteiger partial charge in [0.05, 0.1) is 10.6 Å². The van der Waals surface area contributed by atoms with Crippen molar-refractivity contribution in [1.29, 1.82) is 0 Å². The van der Waals surface area contributed by atoms with Crippen LogP contribution in [0.2, 0.25) is 5.02 Å². The van der Waals surface area contributed by atoms with Crippen LogP contribution in [0.3, 0.4) is 0 Å². The Morgan fingerprint density at radius 3 is 2.09 bits per heavy atom. The number of aryl methyl sites for hydroxylation is 2. The third kappa shape index (κ3) is 8.96. The first-order chi connectivity index (χ1) is 21.3. The molecule has 0 saturated carbocycles. The van der Waals surface area contributed by atoms with Crippen LogP contribution in [0, 0.1) is 13.8 Å². The third-order valence-electron chi connectivity index (χ3n) is 7.43. The zero-order valence-electron chi connectivity index (χ0n) is 25.7. The number of nitrogens with one attached hydrogen (secondary N) is 1. The fourth-order valence-corrected chi connectivity index (χ4v) is 6.66. The van der Waals surface area contributed by atoms with Crippen LogP contribution in [0.15, 0.2) is 106 Å².